The molecule has 1 aliphatic rings. The van der Waals surface area contributed by atoms with Crippen LogP contribution in [-0.4, -0.2) is 16.8 Å². The van der Waals surface area contributed by atoms with Gasteiger partial charge in [-0.3, -0.25) is 14.5 Å². The van der Waals surface area contributed by atoms with Crippen LogP contribution >= 0.6 is 11.3 Å². The Kier molecular flexibility index (Phi) is 4.11. The van der Waals surface area contributed by atoms with Gasteiger partial charge in [-0.1, -0.05) is 6.07 Å². The number of anilines is 1. The Bertz CT molecular complexity index is 1070. The van der Waals surface area contributed by atoms with Gasteiger partial charge in [-0.05, 0) is 47.8 Å². The third-order valence-electron chi connectivity index (χ3n) is 4.28. The van der Waals surface area contributed by atoms with Crippen molar-refractivity contribution in [3.63, 3.8) is 0 Å². The van der Waals surface area contributed by atoms with Crippen molar-refractivity contribution in [1.82, 2.24) is 0 Å². The molecule has 1 aromatic carbocycles. The number of ketones is 1. The smallest absolute Gasteiger partial charge is 0.294 e. The molecule has 1 atom stereocenters. The molecule has 3 aromatic rings. The highest BCUT2D eigenvalue weighted by atomic mass is 32.1. The molecule has 27 heavy (non-hydrogen) atoms. The summed E-state index contributed by atoms with van der Waals surface area (Å²) in [6.07, 6.45) is 1.36. The zero-order valence-corrected chi connectivity index (χ0v) is 14.6. The maximum atomic E-state index is 12.9. The van der Waals surface area contributed by atoms with Gasteiger partial charge in [-0.25, -0.2) is 0 Å². The minimum absolute atomic E-state index is 0.0261. The lowest BCUT2D eigenvalue weighted by Crippen LogP contribution is -2.30. The van der Waals surface area contributed by atoms with Crippen LogP contribution in [0, 0.1) is 11.3 Å². The second-order valence-electron chi connectivity index (χ2n) is 5.82. The van der Waals surface area contributed by atoms with Crippen LogP contribution < -0.4 is 4.90 Å². The molecule has 1 N–H and O–H groups in total. The number of carbonyl (C=O) groups is 2. The van der Waals surface area contributed by atoms with Crippen LogP contribution in [0.2, 0.25) is 0 Å². The van der Waals surface area contributed by atoms with Crippen LogP contribution in [0.5, 0.6) is 0 Å². The van der Waals surface area contributed by atoms with Crippen LogP contribution in [0.25, 0.3) is 0 Å². The van der Waals surface area contributed by atoms with Gasteiger partial charge in [0.05, 0.1) is 23.5 Å². The molecule has 0 bridgehead atoms. The molecular weight excluding hydrogens is 364 g/mol. The summed E-state index contributed by atoms with van der Waals surface area (Å²) in [6.45, 7) is 0. The number of amides is 1. The van der Waals surface area contributed by atoms with Crippen molar-refractivity contribution in [2.24, 2.45) is 0 Å². The quantitative estimate of drug-likeness (QED) is 0.695. The lowest BCUT2D eigenvalue weighted by Gasteiger charge is -2.25. The van der Waals surface area contributed by atoms with Gasteiger partial charge in [0.25, 0.3) is 5.91 Å². The molecule has 2 aromatic heterocycles. The van der Waals surface area contributed by atoms with Gasteiger partial charge in [-0.15, -0.1) is 11.3 Å². The maximum Gasteiger partial charge on any atom is 0.294 e. The van der Waals surface area contributed by atoms with Gasteiger partial charge >= 0.3 is 0 Å². The summed E-state index contributed by atoms with van der Waals surface area (Å²) in [5.74, 6) is -1.76. The zero-order valence-electron chi connectivity index (χ0n) is 13.8. The topological polar surface area (TPSA) is 94.5 Å². The van der Waals surface area contributed by atoms with Crippen LogP contribution in [0.4, 0.5) is 5.69 Å². The average Bonchev–Trinajstić information content (AvgIpc) is 3.44. The number of Topliss-reactive ketones (excluding diaryl/α,β-unsaturated/α-hetero) is 1. The molecule has 7 heteroatoms. The second kappa shape index (κ2) is 6.59. The van der Waals surface area contributed by atoms with Crippen molar-refractivity contribution >= 4 is 28.7 Å². The Morgan fingerprint density at radius 1 is 1.19 bits per heavy atom. The summed E-state index contributed by atoms with van der Waals surface area (Å²) in [4.78, 5) is 27.8. The van der Waals surface area contributed by atoms with Crippen LogP contribution in [0.1, 0.15) is 27.0 Å². The third kappa shape index (κ3) is 2.72. The lowest BCUT2D eigenvalue weighted by molar-refractivity contribution is -0.117. The number of furan rings is 1. The maximum absolute atomic E-state index is 12.9. The molecule has 0 fully saturated rings. The predicted octanol–water partition coefficient (Wildman–Crippen LogP) is 4.00. The number of aliphatic hydroxyl groups is 1. The molecule has 0 saturated carbocycles. The van der Waals surface area contributed by atoms with Crippen LogP contribution in [0.3, 0.4) is 0 Å². The molecule has 1 unspecified atom stereocenters. The van der Waals surface area contributed by atoms with E-state index in [1.807, 2.05) is 17.5 Å². The summed E-state index contributed by atoms with van der Waals surface area (Å²) < 4.78 is 5.17. The van der Waals surface area contributed by atoms with E-state index < -0.39 is 23.5 Å². The van der Waals surface area contributed by atoms with Gasteiger partial charge in [0, 0.05) is 10.6 Å². The van der Waals surface area contributed by atoms with E-state index in [4.69, 9.17) is 9.68 Å². The second-order valence-corrected chi connectivity index (χ2v) is 6.80. The number of aliphatic hydroxyl groups excluding tert-OH is 1. The van der Waals surface area contributed by atoms with E-state index in [2.05, 4.69) is 0 Å². The largest absolute Gasteiger partial charge is 0.503 e. The van der Waals surface area contributed by atoms with E-state index in [1.165, 1.54) is 28.6 Å². The van der Waals surface area contributed by atoms with Gasteiger partial charge in [-0.2, -0.15) is 5.26 Å². The Morgan fingerprint density at radius 3 is 2.56 bits per heavy atom. The molecule has 3 heterocycles. The molecule has 1 aliphatic heterocycles. The summed E-state index contributed by atoms with van der Waals surface area (Å²) in [6, 6.07) is 14.3. The first-order valence-corrected chi connectivity index (χ1v) is 8.88. The highest BCUT2D eigenvalue weighted by Crippen LogP contribution is 2.43. The normalized spacial score (nSPS) is 16.6. The van der Waals surface area contributed by atoms with Crippen molar-refractivity contribution in [3.05, 3.63) is 87.7 Å². The Labute approximate surface area is 158 Å². The van der Waals surface area contributed by atoms with Crippen LogP contribution in [-0.2, 0) is 4.79 Å². The van der Waals surface area contributed by atoms with E-state index in [-0.39, 0.29) is 11.3 Å². The first kappa shape index (κ1) is 16.8. The number of nitriles is 1. The zero-order chi connectivity index (χ0) is 19.0. The van der Waals surface area contributed by atoms with Gasteiger partial charge in [0.2, 0.25) is 5.78 Å². The fourth-order valence-corrected chi connectivity index (χ4v) is 3.88. The Balaban J connectivity index is 1.84. The molecule has 0 aliphatic carbocycles. The molecule has 0 radical (unpaired) electrons. The van der Waals surface area contributed by atoms with Crippen LogP contribution in [0.15, 0.2) is 75.9 Å². The number of hydrogen-bond acceptors (Lipinski definition) is 6. The first-order chi connectivity index (χ1) is 13.1. The van der Waals surface area contributed by atoms with Crippen molar-refractivity contribution in [1.29, 1.82) is 5.26 Å². The van der Waals surface area contributed by atoms with E-state index in [1.54, 1.807) is 36.4 Å². The van der Waals surface area contributed by atoms with E-state index in [9.17, 15) is 14.7 Å². The van der Waals surface area contributed by atoms with Gasteiger partial charge in [0.1, 0.15) is 6.04 Å². The molecule has 132 valence electrons. The van der Waals surface area contributed by atoms with E-state index in [0.717, 1.165) is 4.88 Å². The highest BCUT2D eigenvalue weighted by Gasteiger charge is 2.45. The molecule has 1 amide bonds. The van der Waals surface area contributed by atoms with Gasteiger partial charge in [0.15, 0.2) is 11.5 Å². The van der Waals surface area contributed by atoms with Gasteiger partial charge < -0.3 is 9.52 Å². The number of benzene rings is 1. The summed E-state index contributed by atoms with van der Waals surface area (Å²) in [5.41, 5.74) is 0.898. The predicted molar refractivity (Wildman–Crippen MR) is 98.4 cm³/mol. The molecule has 0 spiro atoms. The van der Waals surface area contributed by atoms with Crippen molar-refractivity contribution in [2.75, 3.05) is 4.90 Å². The lowest BCUT2D eigenvalue weighted by atomic mass is 10.00. The fraction of sp³-hybridized carbons (Fsp3) is 0.0500. The Hall–Kier alpha value is -3.63. The standard InChI is InChI=1S/C20H12N2O4S/c21-11-12-5-7-13(8-6-12)22-17(15-4-2-10-27-15)16(19(24)20(22)25)18(23)14-3-1-9-26-14/h1-10,17,24H. The molecular formula is C20H12N2O4S. The Morgan fingerprint density at radius 2 is 1.96 bits per heavy atom. The SMILES string of the molecule is N#Cc1ccc(N2C(=O)C(O)=C(C(=O)c3ccco3)C2c2cccs2)cc1. The van der Waals surface area contributed by atoms with E-state index >= 15 is 0 Å². The minimum Gasteiger partial charge on any atom is -0.503 e. The number of hydrogen-bond donors (Lipinski definition) is 1. The average molecular weight is 376 g/mol. The summed E-state index contributed by atoms with van der Waals surface area (Å²) >= 11 is 1.37. The summed E-state index contributed by atoms with van der Waals surface area (Å²) in [5, 5.41) is 21.3. The molecule has 6 nitrogen and oxygen atoms in total. The number of rotatable bonds is 4. The first-order valence-electron chi connectivity index (χ1n) is 8.00. The number of nitrogens with zero attached hydrogens (tertiary/aromatic N) is 2. The number of carbonyl (C=O) groups excluding carboxylic acids is 2. The minimum atomic E-state index is -0.775. The highest BCUT2D eigenvalue weighted by molar-refractivity contribution is 7.10. The molecule has 4 rings (SSSR count). The third-order valence-corrected chi connectivity index (χ3v) is 5.21. The van der Waals surface area contributed by atoms with Crippen molar-refractivity contribution < 1.29 is 19.1 Å². The monoisotopic (exact) mass is 376 g/mol. The van der Waals surface area contributed by atoms with E-state index in [0.29, 0.717) is 11.3 Å². The number of thiophene rings is 1. The molecule has 0 saturated heterocycles. The van der Waals surface area contributed by atoms with Crippen molar-refractivity contribution in [3.8, 4) is 6.07 Å². The van der Waals surface area contributed by atoms with Crippen molar-refractivity contribution in [2.45, 2.75) is 6.04 Å². The summed E-state index contributed by atoms with van der Waals surface area (Å²) in [7, 11) is 0. The fourth-order valence-electron chi connectivity index (χ4n) is 3.06.